The first-order chi connectivity index (χ1) is 19.8. The molecule has 0 bridgehead atoms. The number of alkyl carbamates (subject to hydrolysis) is 1. The SMILES string of the molecule is CCC(C)N(C(=O)C(Cc1ccccc1)NC(=O)OC(C)(C)C)C(C(=O)Nc1ccccc1C)c1ccc(C)cc1C. The second-order valence-corrected chi connectivity index (χ2v) is 12.0. The Balaban J connectivity index is 2.12. The van der Waals surface area contributed by atoms with E-state index >= 15 is 0 Å². The molecule has 0 aromatic heterocycles. The summed E-state index contributed by atoms with van der Waals surface area (Å²) in [5.74, 6) is -0.676. The maximum Gasteiger partial charge on any atom is 0.408 e. The molecule has 0 aliphatic heterocycles. The maximum atomic E-state index is 14.6. The summed E-state index contributed by atoms with van der Waals surface area (Å²) in [5, 5.41) is 5.91. The van der Waals surface area contributed by atoms with Crippen LogP contribution >= 0.6 is 0 Å². The van der Waals surface area contributed by atoms with E-state index in [0.717, 1.165) is 27.8 Å². The monoisotopic (exact) mass is 571 g/mol. The van der Waals surface area contributed by atoms with Crippen LogP contribution in [0.4, 0.5) is 10.5 Å². The van der Waals surface area contributed by atoms with Gasteiger partial charge in [0.1, 0.15) is 17.7 Å². The van der Waals surface area contributed by atoms with Crippen LogP contribution in [-0.4, -0.2) is 40.5 Å². The summed E-state index contributed by atoms with van der Waals surface area (Å²) in [6.45, 7) is 15.1. The highest BCUT2D eigenvalue weighted by Gasteiger charge is 2.39. The second-order valence-electron chi connectivity index (χ2n) is 12.0. The van der Waals surface area contributed by atoms with Crippen LogP contribution in [0.15, 0.2) is 72.8 Å². The third kappa shape index (κ3) is 8.68. The Labute approximate surface area is 250 Å². The number of para-hydroxylation sites is 1. The van der Waals surface area contributed by atoms with Crippen molar-refractivity contribution >= 4 is 23.6 Å². The standard InChI is InChI=1S/C35H45N3O4/c1-9-26(5)38(33(40)30(22-27-16-11-10-12-17-27)37-34(41)42-35(6,7)8)31(28-20-19-23(2)21-25(28)4)32(39)36-29-18-14-13-15-24(29)3/h10-21,26,30-31H,9,22H2,1-8H3,(H,36,39)(H,37,41). The van der Waals surface area contributed by atoms with E-state index < -0.39 is 23.8 Å². The van der Waals surface area contributed by atoms with Gasteiger partial charge >= 0.3 is 6.09 Å². The molecular weight excluding hydrogens is 526 g/mol. The molecule has 7 heteroatoms. The molecule has 2 N–H and O–H groups in total. The van der Waals surface area contributed by atoms with Crippen molar-refractivity contribution < 1.29 is 19.1 Å². The minimum Gasteiger partial charge on any atom is -0.444 e. The molecule has 7 nitrogen and oxygen atoms in total. The Bertz CT molecular complexity index is 1380. The van der Waals surface area contributed by atoms with Crippen molar-refractivity contribution in [2.45, 2.75) is 92.0 Å². The van der Waals surface area contributed by atoms with Crippen LogP contribution in [0.2, 0.25) is 0 Å². The predicted octanol–water partition coefficient (Wildman–Crippen LogP) is 7.05. The summed E-state index contributed by atoms with van der Waals surface area (Å²) < 4.78 is 5.54. The quantitative estimate of drug-likeness (QED) is 0.273. The zero-order chi connectivity index (χ0) is 31.0. The molecular formula is C35H45N3O4. The van der Waals surface area contributed by atoms with E-state index in [0.29, 0.717) is 12.1 Å². The highest BCUT2D eigenvalue weighted by Crippen LogP contribution is 2.31. The van der Waals surface area contributed by atoms with Gasteiger partial charge in [-0.2, -0.15) is 0 Å². The first-order valence-electron chi connectivity index (χ1n) is 14.6. The van der Waals surface area contributed by atoms with E-state index in [-0.39, 0.29) is 24.3 Å². The molecule has 224 valence electrons. The van der Waals surface area contributed by atoms with Crippen LogP contribution in [0.5, 0.6) is 0 Å². The van der Waals surface area contributed by atoms with Gasteiger partial charge in [-0.25, -0.2) is 4.79 Å². The van der Waals surface area contributed by atoms with E-state index in [1.807, 2.05) is 107 Å². The van der Waals surface area contributed by atoms with Crippen molar-refractivity contribution in [1.82, 2.24) is 10.2 Å². The van der Waals surface area contributed by atoms with Gasteiger partial charge in [-0.1, -0.05) is 79.2 Å². The number of nitrogens with one attached hydrogen (secondary N) is 2. The van der Waals surface area contributed by atoms with Gasteiger partial charge in [0.25, 0.3) is 5.91 Å². The van der Waals surface area contributed by atoms with Crippen LogP contribution in [0.25, 0.3) is 0 Å². The number of anilines is 1. The van der Waals surface area contributed by atoms with Gasteiger partial charge in [0.05, 0.1) is 0 Å². The summed E-state index contributed by atoms with van der Waals surface area (Å²) in [4.78, 5) is 43.5. The first kappa shape index (κ1) is 32.4. The minimum atomic E-state index is -0.962. The number of benzene rings is 3. The fourth-order valence-corrected chi connectivity index (χ4v) is 4.94. The summed E-state index contributed by atoms with van der Waals surface area (Å²) in [6, 6.07) is 20.8. The Morgan fingerprint density at radius 2 is 1.52 bits per heavy atom. The average Bonchev–Trinajstić information content (AvgIpc) is 2.92. The molecule has 42 heavy (non-hydrogen) atoms. The van der Waals surface area contributed by atoms with Gasteiger partial charge < -0.3 is 20.3 Å². The van der Waals surface area contributed by atoms with Gasteiger partial charge in [0.15, 0.2) is 0 Å². The molecule has 0 heterocycles. The third-order valence-corrected chi connectivity index (χ3v) is 7.24. The molecule has 3 amide bonds. The first-order valence-corrected chi connectivity index (χ1v) is 14.6. The summed E-state index contributed by atoms with van der Waals surface area (Å²) >= 11 is 0. The van der Waals surface area contributed by atoms with Crippen molar-refractivity contribution in [3.8, 4) is 0 Å². The smallest absolute Gasteiger partial charge is 0.408 e. The summed E-state index contributed by atoms with van der Waals surface area (Å²) in [6.07, 6.45) is 0.161. The number of hydrogen-bond donors (Lipinski definition) is 2. The molecule has 3 atom stereocenters. The Hall–Kier alpha value is -4.13. The van der Waals surface area contributed by atoms with Crippen molar-refractivity contribution in [2.75, 3.05) is 5.32 Å². The zero-order valence-electron chi connectivity index (χ0n) is 26.2. The van der Waals surface area contributed by atoms with Crippen LogP contribution in [-0.2, 0) is 20.7 Å². The normalized spacial score (nSPS) is 13.4. The molecule has 0 saturated carbocycles. The molecule has 0 aliphatic carbocycles. The molecule has 0 fully saturated rings. The highest BCUT2D eigenvalue weighted by atomic mass is 16.6. The molecule has 3 aromatic carbocycles. The molecule has 0 aliphatic rings. The van der Waals surface area contributed by atoms with E-state index in [9.17, 15) is 14.4 Å². The lowest BCUT2D eigenvalue weighted by Gasteiger charge is -2.39. The largest absolute Gasteiger partial charge is 0.444 e. The fraction of sp³-hybridized carbons (Fsp3) is 0.400. The third-order valence-electron chi connectivity index (χ3n) is 7.24. The van der Waals surface area contributed by atoms with E-state index in [4.69, 9.17) is 4.74 Å². The van der Waals surface area contributed by atoms with E-state index in [2.05, 4.69) is 10.6 Å². The number of ether oxygens (including phenoxy) is 1. The topological polar surface area (TPSA) is 87.7 Å². The highest BCUT2D eigenvalue weighted by molar-refractivity contribution is 5.99. The van der Waals surface area contributed by atoms with Gasteiger partial charge in [-0.3, -0.25) is 9.59 Å². The number of carbonyl (C=O) groups is 3. The molecule has 0 saturated heterocycles. The Kier molecular flexibility index (Phi) is 10.9. The predicted molar refractivity (Wildman–Crippen MR) is 168 cm³/mol. The van der Waals surface area contributed by atoms with Crippen LogP contribution in [0, 0.1) is 20.8 Å². The number of aryl methyl sites for hydroxylation is 3. The van der Waals surface area contributed by atoms with E-state index in [1.54, 1.807) is 25.7 Å². The van der Waals surface area contributed by atoms with Crippen molar-refractivity contribution in [3.63, 3.8) is 0 Å². The van der Waals surface area contributed by atoms with Gasteiger partial charge in [-0.15, -0.1) is 0 Å². The molecule has 0 spiro atoms. The second kappa shape index (κ2) is 14.2. The van der Waals surface area contributed by atoms with Crippen LogP contribution < -0.4 is 10.6 Å². The fourth-order valence-electron chi connectivity index (χ4n) is 4.94. The number of hydrogen-bond acceptors (Lipinski definition) is 4. The number of rotatable bonds is 10. The number of carbonyl (C=O) groups excluding carboxylic acids is 3. The average molecular weight is 572 g/mol. The lowest BCUT2D eigenvalue weighted by Crippen LogP contribution is -2.55. The van der Waals surface area contributed by atoms with Crippen LogP contribution in [0.1, 0.15) is 74.9 Å². The minimum absolute atomic E-state index is 0.241. The molecule has 3 aromatic rings. The summed E-state index contributed by atoms with van der Waals surface area (Å²) in [5.41, 5.74) is 4.43. The van der Waals surface area contributed by atoms with Crippen molar-refractivity contribution in [1.29, 1.82) is 0 Å². The Morgan fingerprint density at radius 3 is 2.12 bits per heavy atom. The number of amides is 3. The van der Waals surface area contributed by atoms with Crippen molar-refractivity contribution in [3.05, 3.63) is 101 Å². The molecule has 3 rings (SSSR count). The molecule has 0 radical (unpaired) electrons. The molecule has 3 unspecified atom stereocenters. The number of nitrogens with zero attached hydrogens (tertiary/aromatic N) is 1. The maximum absolute atomic E-state index is 14.6. The van der Waals surface area contributed by atoms with Gasteiger partial charge in [0, 0.05) is 18.2 Å². The zero-order valence-corrected chi connectivity index (χ0v) is 26.2. The Morgan fingerprint density at radius 1 is 0.881 bits per heavy atom. The summed E-state index contributed by atoms with van der Waals surface area (Å²) in [7, 11) is 0. The van der Waals surface area contributed by atoms with Gasteiger partial charge in [-0.05, 0) is 83.2 Å². The van der Waals surface area contributed by atoms with Crippen LogP contribution in [0.3, 0.4) is 0 Å². The van der Waals surface area contributed by atoms with Crippen molar-refractivity contribution in [2.24, 2.45) is 0 Å². The van der Waals surface area contributed by atoms with Gasteiger partial charge in [0.2, 0.25) is 5.91 Å². The lowest BCUT2D eigenvalue weighted by molar-refractivity contribution is -0.143. The lowest BCUT2D eigenvalue weighted by atomic mass is 9.94. The van der Waals surface area contributed by atoms with E-state index in [1.165, 1.54) is 0 Å².